The number of H-pyrrole nitrogens is 1. The van der Waals surface area contributed by atoms with E-state index in [2.05, 4.69) is 20.6 Å². The zero-order valence-corrected chi connectivity index (χ0v) is 26.8. The van der Waals surface area contributed by atoms with Gasteiger partial charge in [0.25, 0.3) is 0 Å². The number of methoxy groups -OCH3 is 2. The summed E-state index contributed by atoms with van der Waals surface area (Å²) < 4.78 is 10.9. The van der Waals surface area contributed by atoms with E-state index in [1.54, 1.807) is 38.5 Å². The molecule has 2 aliphatic rings. The number of ether oxygens (including phenoxy) is 2. The second kappa shape index (κ2) is 12.4. The maximum atomic E-state index is 14.9. The first-order valence-electron chi connectivity index (χ1n) is 15.3. The van der Waals surface area contributed by atoms with Crippen molar-refractivity contribution in [2.75, 3.05) is 14.2 Å². The third-order valence-electron chi connectivity index (χ3n) is 9.04. The molecular formula is C38H30N4O5S. The minimum atomic E-state index is -1.86. The van der Waals surface area contributed by atoms with E-state index in [1.165, 1.54) is 0 Å². The smallest absolute Gasteiger partial charge is 0.345 e. The van der Waals surface area contributed by atoms with E-state index in [0.717, 1.165) is 5.56 Å². The van der Waals surface area contributed by atoms with Crippen LogP contribution in [0.15, 0.2) is 114 Å². The third kappa shape index (κ3) is 5.07. The normalized spacial score (nSPS) is 19.0. The molecule has 1 saturated heterocycles. The molecule has 0 bridgehead atoms. The second-order valence-electron chi connectivity index (χ2n) is 11.6. The maximum Gasteiger partial charge on any atom is 0.345 e. The summed E-state index contributed by atoms with van der Waals surface area (Å²) in [4.78, 5) is 50.9. The Morgan fingerprint density at radius 1 is 0.708 bits per heavy atom. The fourth-order valence-electron chi connectivity index (χ4n) is 7.01. The van der Waals surface area contributed by atoms with Crippen LogP contribution >= 0.6 is 12.2 Å². The molecule has 1 aliphatic carbocycles. The molecule has 1 aliphatic heterocycles. The predicted octanol–water partition coefficient (Wildman–Crippen LogP) is 5.44. The molecule has 10 heteroatoms. The molecule has 2 heterocycles. The van der Waals surface area contributed by atoms with Crippen LogP contribution in [0.1, 0.15) is 39.8 Å². The van der Waals surface area contributed by atoms with E-state index in [9.17, 15) is 14.4 Å². The summed E-state index contributed by atoms with van der Waals surface area (Å²) in [6.07, 6.45) is 1.90. The van der Waals surface area contributed by atoms with Crippen molar-refractivity contribution in [1.29, 1.82) is 0 Å². The molecule has 0 radical (unpaired) electrons. The van der Waals surface area contributed by atoms with Crippen molar-refractivity contribution in [3.05, 3.63) is 148 Å². The Kier molecular flexibility index (Phi) is 7.94. The number of hydrogen-bond acceptors (Lipinski definition) is 7. The van der Waals surface area contributed by atoms with E-state index < -0.39 is 34.8 Å². The van der Waals surface area contributed by atoms with Gasteiger partial charge in [-0.3, -0.25) is 9.59 Å². The monoisotopic (exact) mass is 654 g/mol. The molecule has 2 unspecified atom stereocenters. The van der Waals surface area contributed by atoms with Gasteiger partial charge >= 0.3 is 5.69 Å². The van der Waals surface area contributed by atoms with Gasteiger partial charge in [-0.25, -0.2) is 4.79 Å². The summed E-state index contributed by atoms with van der Waals surface area (Å²) in [7, 11) is 3.13. The Balaban J connectivity index is 1.68. The van der Waals surface area contributed by atoms with Crippen LogP contribution in [0.25, 0.3) is 22.9 Å². The number of benzene rings is 4. The number of nitrogens with one attached hydrogen (secondary N) is 3. The summed E-state index contributed by atoms with van der Waals surface area (Å²) in [5.74, 6) is -1.85. The molecule has 1 aromatic heterocycles. The molecule has 238 valence electrons. The minimum Gasteiger partial charge on any atom is -0.497 e. The molecule has 0 saturated carbocycles. The molecule has 2 amide bonds. The molecule has 9 nitrogen and oxygen atoms in total. The topological polar surface area (TPSA) is 122 Å². The van der Waals surface area contributed by atoms with Crippen LogP contribution in [0.5, 0.6) is 11.5 Å². The van der Waals surface area contributed by atoms with Gasteiger partial charge in [-0.15, -0.1) is 0 Å². The highest BCUT2D eigenvalue weighted by Gasteiger charge is 2.65. The van der Waals surface area contributed by atoms with Gasteiger partial charge in [0.15, 0.2) is 10.5 Å². The number of hydrogen-bond donors (Lipinski definition) is 3. The number of aromatic amines is 1. The Labute approximate surface area is 281 Å². The Morgan fingerprint density at radius 2 is 1.23 bits per heavy atom. The minimum absolute atomic E-state index is 0.0835. The molecule has 4 aromatic carbocycles. The number of thiocarbonyl (C=S) groups is 1. The largest absolute Gasteiger partial charge is 0.497 e. The first kappa shape index (κ1) is 30.8. The fraction of sp³-hybridized carbons (Fsp3) is 0.132. The zero-order valence-electron chi connectivity index (χ0n) is 26.0. The van der Waals surface area contributed by atoms with E-state index in [0.29, 0.717) is 50.7 Å². The quantitative estimate of drug-likeness (QED) is 0.165. The van der Waals surface area contributed by atoms with Gasteiger partial charge in [0.05, 0.1) is 25.6 Å². The van der Waals surface area contributed by atoms with Crippen molar-refractivity contribution >= 4 is 40.8 Å². The number of aromatic nitrogens is 2. The van der Waals surface area contributed by atoms with Crippen LogP contribution in [0.2, 0.25) is 0 Å². The lowest BCUT2D eigenvalue weighted by Crippen LogP contribution is -2.67. The number of carbonyl (C=O) groups excluding carboxylic acids is 2. The summed E-state index contributed by atoms with van der Waals surface area (Å²) in [5, 5.41) is 5.50. The highest BCUT2D eigenvalue weighted by atomic mass is 32.1. The summed E-state index contributed by atoms with van der Waals surface area (Å²) in [6, 6.07) is 33.3. The lowest BCUT2D eigenvalue weighted by atomic mass is 9.52. The van der Waals surface area contributed by atoms with Gasteiger partial charge in [0.2, 0.25) is 11.8 Å². The average Bonchev–Trinajstić information content (AvgIpc) is 3.11. The highest BCUT2D eigenvalue weighted by Crippen LogP contribution is 2.62. The van der Waals surface area contributed by atoms with Crippen LogP contribution in [0, 0.1) is 5.41 Å². The first-order chi connectivity index (χ1) is 23.3. The van der Waals surface area contributed by atoms with Crippen LogP contribution in [0.3, 0.4) is 0 Å². The van der Waals surface area contributed by atoms with Crippen molar-refractivity contribution in [2.45, 2.75) is 11.8 Å². The number of amides is 2. The lowest BCUT2D eigenvalue weighted by molar-refractivity contribution is -0.145. The molecule has 3 N–H and O–H groups in total. The zero-order chi connectivity index (χ0) is 33.4. The SMILES string of the molecule is COc1ccc(C2/C(=C/c3ccccc3)c3nc(=O)[nH]c(-c4ccccc4)c3C(c3ccc(OC)cc3)C23C(=O)NC(=S)NC3=O)cc1. The number of nitrogens with zero attached hydrogens (tertiary/aromatic N) is 1. The van der Waals surface area contributed by atoms with Gasteiger partial charge in [0.1, 0.15) is 11.5 Å². The van der Waals surface area contributed by atoms with Crippen LogP contribution in [-0.4, -0.2) is 41.1 Å². The van der Waals surface area contributed by atoms with Gasteiger partial charge < -0.3 is 25.1 Å². The number of allylic oxidation sites excluding steroid dienone is 1. The summed E-state index contributed by atoms with van der Waals surface area (Å²) >= 11 is 5.35. The van der Waals surface area contributed by atoms with Crippen molar-refractivity contribution in [3.63, 3.8) is 0 Å². The molecule has 1 spiro atoms. The average molecular weight is 655 g/mol. The van der Waals surface area contributed by atoms with Crippen LogP contribution < -0.4 is 25.8 Å². The highest BCUT2D eigenvalue weighted by molar-refractivity contribution is 7.80. The van der Waals surface area contributed by atoms with Crippen molar-refractivity contribution in [1.82, 2.24) is 20.6 Å². The molecule has 2 atom stereocenters. The second-order valence-corrected chi connectivity index (χ2v) is 12.0. The van der Waals surface area contributed by atoms with Gasteiger partial charge in [-0.05, 0) is 70.4 Å². The van der Waals surface area contributed by atoms with E-state index in [-0.39, 0.29) is 5.11 Å². The first-order valence-corrected chi connectivity index (χ1v) is 15.7. The van der Waals surface area contributed by atoms with E-state index >= 15 is 0 Å². The molecule has 1 fully saturated rings. The lowest BCUT2D eigenvalue weighted by Gasteiger charge is -2.50. The van der Waals surface area contributed by atoms with Crippen LogP contribution in [-0.2, 0) is 9.59 Å². The summed E-state index contributed by atoms with van der Waals surface area (Å²) in [5.41, 5.74) is 2.22. The van der Waals surface area contributed by atoms with E-state index in [1.807, 2.05) is 91.0 Å². The molecule has 5 aromatic rings. The summed E-state index contributed by atoms with van der Waals surface area (Å²) in [6.45, 7) is 0. The predicted molar refractivity (Wildman–Crippen MR) is 186 cm³/mol. The van der Waals surface area contributed by atoms with Crippen molar-refractivity contribution in [3.8, 4) is 22.8 Å². The standard InChI is InChI=1S/C38H30N4O5S/c1-46-26-17-13-23(14-18-26)30-28(21-22-9-5-3-6-10-22)33-29(32(39-36(45)40-33)25-11-7-4-8-12-25)31(24-15-19-27(47-2)20-16-24)38(30)34(43)41-37(48)42-35(38)44/h3-21,30-31H,1-2H3,(H,39,40,45)(H2,41,42,43,44,48)/b28-21-. The number of carbonyl (C=O) groups is 2. The maximum absolute atomic E-state index is 14.9. The molecule has 7 rings (SSSR count). The van der Waals surface area contributed by atoms with E-state index in [4.69, 9.17) is 21.7 Å². The third-order valence-corrected chi connectivity index (χ3v) is 9.25. The number of rotatable bonds is 6. The Hall–Kier alpha value is -5.87. The van der Waals surface area contributed by atoms with Crippen molar-refractivity contribution < 1.29 is 19.1 Å². The molecular weight excluding hydrogens is 625 g/mol. The fourth-order valence-corrected chi connectivity index (χ4v) is 7.19. The Morgan fingerprint density at radius 3 is 1.77 bits per heavy atom. The van der Waals surface area contributed by atoms with Gasteiger partial charge in [0, 0.05) is 17.4 Å². The van der Waals surface area contributed by atoms with Crippen LogP contribution in [0.4, 0.5) is 0 Å². The number of fused-ring (bicyclic) bond motifs is 1. The molecule has 48 heavy (non-hydrogen) atoms. The van der Waals surface area contributed by atoms with Crippen molar-refractivity contribution in [2.24, 2.45) is 5.41 Å². The Bertz CT molecular complexity index is 2110. The van der Waals surface area contributed by atoms with Gasteiger partial charge in [-0.1, -0.05) is 84.9 Å². The van der Waals surface area contributed by atoms with Gasteiger partial charge in [-0.2, -0.15) is 4.98 Å².